The Morgan fingerprint density at radius 2 is 2.00 bits per heavy atom. The molecule has 1 fully saturated rings. The molecule has 7 heteroatoms. The highest BCUT2D eigenvalue weighted by Gasteiger charge is 2.28. The number of piperidine rings is 1. The fraction of sp³-hybridized carbons (Fsp3) is 0.529. The van der Waals surface area contributed by atoms with E-state index in [0.29, 0.717) is 31.5 Å². The largest absolute Gasteiger partial charge is 0.469 e. The molecule has 1 aliphatic rings. The Bertz CT molecular complexity index is 601. The number of nitrogens with one attached hydrogen (secondary N) is 1. The highest BCUT2D eigenvalue weighted by atomic mass is 19.1. The van der Waals surface area contributed by atoms with Crippen molar-refractivity contribution in [3.63, 3.8) is 0 Å². The number of benzene rings is 1. The van der Waals surface area contributed by atoms with Crippen LogP contribution in [-0.4, -0.2) is 43.6 Å². The van der Waals surface area contributed by atoms with E-state index in [1.54, 1.807) is 11.8 Å². The number of carbonyl (C=O) groups excluding carboxylic acids is 2. The summed E-state index contributed by atoms with van der Waals surface area (Å²) < 4.78 is 31.4. The Kier molecular flexibility index (Phi) is 6.11. The summed E-state index contributed by atoms with van der Waals surface area (Å²) in [6.45, 7) is 2.97. The molecule has 1 atom stereocenters. The Hall–Kier alpha value is -2.18. The van der Waals surface area contributed by atoms with Crippen LogP contribution in [0.25, 0.3) is 0 Å². The third-order valence-electron chi connectivity index (χ3n) is 4.37. The van der Waals surface area contributed by atoms with E-state index in [1.165, 1.54) is 19.2 Å². The molecule has 0 aromatic heterocycles. The lowest BCUT2D eigenvalue weighted by Gasteiger charge is -2.31. The van der Waals surface area contributed by atoms with Gasteiger partial charge in [-0.1, -0.05) is 13.0 Å². The van der Waals surface area contributed by atoms with Crippen LogP contribution >= 0.6 is 0 Å². The number of rotatable bonds is 4. The van der Waals surface area contributed by atoms with Gasteiger partial charge < -0.3 is 15.0 Å². The maximum Gasteiger partial charge on any atom is 0.317 e. The van der Waals surface area contributed by atoms with Gasteiger partial charge >= 0.3 is 12.0 Å². The molecular weight excluding hydrogens is 318 g/mol. The van der Waals surface area contributed by atoms with Crippen LogP contribution in [0.15, 0.2) is 18.2 Å². The van der Waals surface area contributed by atoms with Crippen molar-refractivity contribution >= 4 is 12.0 Å². The number of likely N-dealkylation sites (tertiary alicyclic amines) is 1. The van der Waals surface area contributed by atoms with Crippen LogP contribution in [0.4, 0.5) is 13.6 Å². The number of carbonyl (C=O) groups is 2. The van der Waals surface area contributed by atoms with Gasteiger partial charge in [0.2, 0.25) is 0 Å². The molecule has 1 aromatic rings. The Balaban J connectivity index is 1.82. The minimum Gasteiger partial charge on any atom is -0.469 e. The predicted molar refractivity (Wildman–Crippen MR) is 84.5 cm³/mol. The second-order valence-electron chi connectivity index (χ2n) is 6.04. The van der Waals surface area contributed by atoms with E-state index in [1.807, 2.05) is 0 Å². The molecule has 0 aliphatic carbocycles. The monoisotopic (exact) mass is 340 g/mol. The van der Waals surface area contributed by atoms with Crippen molar-refractivity contribution in [1.82, 2.24) is 10.2 Å². The molecule has 1 saturated heterocycles. The van der Waals surface area contributed by atoms with E-state index in [0.717, 1.165) is 6.07 Å². The quantitative estimate of drug-likeness (QED) is 0.858. The van der Waals surface area contributed by atoms with Crippen LogP contribution in [0, 0.1) is 17.6 Å². The molecule has 24 heavy (non-hydrogen) atoms. The molecule has 5 nitrogen and oxygen atoms in total. The van der Waals surface area contributed by atoms with Crippen LogP contribution in [0.1, 0.15) is 31.2 Å². The van der Waals surface area contributed by atoms with E-state index < -0.39 is 11.6 Å². The van der Waals surface area contributed by atoms with E-state index in [9.17, 15) is 18.4 Å². The number of hydrogen-bond donors (Lipinski definition) is 1. The molecular formula is C17H22F2N2O3. The van der Waals surface area contributed by atoms with Crippen LogP contribution in [0.5, 0.6) is 0 Å². The first-order valence-corrected chi connectivity index (χ1v) is 7.98. The van der Waals surface area contributed by atoms with Gasteiger partial charge in [0.1, 0.15) is 11.6 Å². The lowest BCUT2D eigenvalue weighted by Crippen LogP contribution is -2.46. The maximum atomic E-state index is 13.7. The molecule has 1 heterocycles. The molecule has 2 amide bonds. The van der Waals surface area contributed by atoms with Crippen molar-refractivity contribution in [2.45, 2.75) is 25.7 Å². The van der Waals surface area contributed by atoms with Crippen molar-refractivity contribution in [3.8, 4) is 0 Å². The topological polar surface area (TPSA) is 58.6 Å². The first-order valence-electron chi connectivity index (χ1n) is 7.98. The van der Waals surface area contributed by atoms with Gasteiger partial charge in [0.15, 0.2) is 0 Å². The average molecular weight is 340 g/mol. The first kappa shape index (κ1) is 18.2. The Morgan fingerprint density at radius 1 is 1.33 bits per heavy atom. The van der Waals surface area contributed by atoms with Crippen LogP contribution < -0.4 is 5.32 Å². The van der Waals surface area contributed by atoms with Crippen molar-refractivity contribution in [3.05, 3.63) is 35.4 Å². The standard InChI is InChI=1S/C17H22F2N2O3/c1-11(14-4-3-13(18)9-15(14)19)10-20-17(23)21-7-5-12(6-8-21)16(22)24-2/h3-4,9,11-12H,5-8,10H2,1-2H3,(H,20,23)/t11-/m0/s1. The third kappa shape index (κ3) is 4.43. The number of nitrogens with zero attached hydrogens (tertiary/aromatic N) is 1. The summed E-state index contributed by atoms with van der Waals surface area (Å²) in [5.74, 6) is -1.92. The third-order valence-corrected chi connectivity index (χ3v) is 4.37. The molecule has 1 aliphatic heterocycles. The van der Waals surface area contributed by atoms with E-state index >= 15 is 0 Å². The highest BCUT2D eigenvalue weighted by molar-refractivity contribution is 5.76. The van der Waals surface area contributed by atoms with Crippen molar-refractivity contribution in [2.75, 3.05) is 26.7 Å². The summed E-state index contributed by atoms with van der Waals surface area (Å²) in [7, 11) is 1.36. The molecule has 0 saturated carbocycles. The normalized spacial score (nSPS) is 16.6. The SMILES string of the molecule is COC(=O)C1CCN(C(=O)NC[C@H](C)c2ccc(F)cc2F)CC1. The summed E-state index contributed by atoms with van der Waals surface area (Å²) in [4.78, 5) is 25.3. The summed E-state index contributed by atoms with van der Waals surface area (Å²) in [5.41, 5.74) is 0.362. The zero-order chi connectivity index (χ0) is 17.7. The number of methoxy groups -OCH3 is 1. The van der Waals surface area contributed by atoms with Crippen molar-refractivity contribution in [2.24, 2.45) is 5.92 Å². The van der Waals surface area contributed by atoms with E-state index in [2.05, 4.69) is 5.32 Å². The molecule has 1 N–H and O–H groups in total. The minimum atomic E-state index is -0.624. The van der Waals surface area contributed by atoms with E-state index in [-0.39, 0.29) is 30.4 Å². The summed E-state index contributed by atoms with van der Waals surface area (Å²) in [5, 5.41) is 2.76. The van der Waals surface area contributed by atoms with Crippen molar-refractivity contribution < 1.29 is 23.1 Å². The average Bonchev–Trinajstić information content (AvgIpc) is 2.58. The minimum absolute atomic E-state index is 0.161. The van der Waals surface area contributed by atoms with Gasteiger partial charge in [-0.05, 0) is 24.5 Å². The number of halogens is 2. The maximum absolute atomic E-state index is 13.7. The highest BCUT2D eigenvalue weighted by Crippen LogP contribution is 2.20. The van der Waals surface area contributed by atoms with Crippen LogP contribution in [0.2, 0.25) is 0 Å². The smallest absolute Gasteiger partial charge is 0.317 e. The molecule has 2 rings (SSSR count). The number of esters is 1. The molecule has 0 bridgehead atoms. The summed E-state index contributed by atoms with van der Waals surface area (Å²) in [6.07, 6.45) is 1.14. The second kappa shape index (κ2) is 8.08. The molecule has 0 unspecified atom stereocenters. The van der Waals surface area contributed by atoms with Gasteiger partial charge in [0.05, 0.1) is 13.0 Å². The number of ether oxygens (including phenoxy) is 1. The van der Waals surface area contributed by atoms with Gasteiger partial charge in [0.25, 0.3) is 0 Å². The van der Waals surface area contributed by atoms with E-state index in [4.69, 9.17) is 4.74 Å². The summed E-state index contributed by atoms with van der Waals surface area (Å²) >= 11 is 0. The summed E-state index contributed by atoms with van der Waals surface area (Å²) in [6, 6.07) is 3.19. The Labute approximate surface area is 140 Å². The fourth-order valence-electron chi connectivity index (χ4n) is 2.85. The van der Waals surface area contributed by atoms with Crippen LogP contribution in [-0.2, 0) is 9.53 Å². The lowest BCUT2D eigenvalue weighted by molar-refractivity contribution is -0.146. The van der Waals surface area contributed by atoms with Gasteiger partial charge in [-0.3, -0.25) is 4.79 Å². The zero-order valence-corrected chi connectivity index (χ0v) is 13.9. The van der Waals surface area contributed by atoms with Gasteiger partial charge in [0, 0.05) is 31.6 Å². The van der Waals surface area contributed by atoms with Crippen LogP contribution in [0.3, 0.4) is 0 Å². The lowest BCUT2D eigenvalue weighted by atomic mass is 9.97. The fourth-order valence-corrected chi connectivity index (χ4v) is 2.85. The zero-order valence-electron chi connectivity index (χ0n) is 13.9. The number of amides is 2. The predicted octanol–water partition coefficient (Wildman–Crippen LogP) is 2.66. The first-order chi connectivity index (χ1) is 11.4. The van der Waals surface area contributed by atoms with Crippen molar-refractivity contribution in [1.29, 1.82) is 0 Å². The van der Waals surface area contributed by atoms with Gasteiger partial charge in [-0.2, -0.15) is 0 Å². The molecule has 132 valence electrons. The van der Waals surface area contributed by atoms with Gasteiger partial charge in [-0.25, -0.2) is 13.6 Å². The second-order valence-corrected chi connectivity index (χ2v) is 6.04. The molecule has 0 spiro atoms. The Morgan fingerprint density at radius 3 is 2.58 bits per heavy atom. The number of urea groups is 1. The number of hydrogen-bond acceptors (Lipinski definition) is 3. The van der Waals surface area contributed by atoms with Gasteiger partial charge in [-0.15, -0.1) is 0 Å². The molecule has 0 radical (unpaired) electrons. The molecule has 1 aromatic carbocycles.